The molecule has 3 heterocycles. The summed E-state index contributed by atoms with van der Waals surface area (Å²) in [6.07, 6.45) is 9.45. The summed E-state index contributed by atoms with van der Waals surface area (Å²) in [6.45, 7) is 0.424. The SMILES string of the molecule is O=C1/C(=C\c2ccn(-c3ccccc3)c2)SC(=Nc2ccccc2)N1Cc1cccnc1. The fourth-order valence-electron chi connectivity index (χ4n) is 3.43. The minimum Gasteiger partial charge on any atom is -0.323 e. The Labute approximate surface area is 190 Å². The van der Waals surface area contributed by atoms with Gasteiger partial charge in [0.1, 0.15) is 0 Å². The third-order valence-electron chi connectivity index (χ3n) is 5.00. The van der Waals surface area contributed by atoms with Crippen molar-refractivity contribution in [1.82, 2.24) is 14.5 Å². The Morgan fingerprint density at radius 2 is 1.72 bits per heavy atom. The maximum absolute atomic E-state index is 13.3. The molecule has 1 aliphatic rings. The molecule has 5 rings (SSSR count). The number of carbonyl (C=O) groups is 1. The van der Waals surface area contributed by atoms with Gasteiger partial charge in [-0.1, -0.05) is 42.5 Å². The number of para-hydroxylation sites is 2. The number of rotatable bonds is 5. The predicted molar refractivity (Wildman–Crippen MR) is 130 cm³/mol. The van der Waals surface area contributed by atoms with Crippen molar-refractivity contribution in [2.45, 2.75) is 6.54 Å². The Kier molecular flexibility index (Phi) is 5.68. The van der Waals surface area contributed by atoms with Gasteiger partial charge in [0, 0.05) is 30.5 Å². The van der Waals surface area contributed by atoms with Crippen LogP contribution in [-0.2, 0) is 11.3 Å². The Morgan fingerprint density at radius 1 is 0.938 bits per heavy atom. The fourth-order valence-corrected chi connectivity index (χ4v) is 4.43. The van der Waals surface area contributed by atoms with Crippen LogP contribution in [0.1, 0.15) is 11.1 Å². The quantitative estimate of drug-likeness (QED) is 0.379. The van der Waals surface area contributed by atoms with Gasteiger partial charge in [0.2, 0.25) is 0 Å². The monoisotopic (exact) mass is 436 g/mol. The number of benzene rings is 2. The van der Waals surface area contributed by atoms with Crippen LogP contribution in [-0.4, -0.2) is 25.5 Å². The van der Waals surface area contributed by atoms with Gasteiger partial charge in [-0.05, 0) is 65.4 Å². The molecule has 0 N–H and O–H groups in total. The first kappa shape index (κ1) is 20.0. The second-order valence-corrected chi connectivity index (χ2v) is 8.29. The highest BCUT2D eigenvalue weighted by molar-refractivity contribution is 8.18. The van der Waals surface area contributed by atoms with Gasteiger partial charge < -0.3 is 4.57 Å². The highest BCUT2D eigenvalue weighted by Crippen LogP contribution is 2.35. The molecule has 4 aromatic rings. The molecule has 0 bridgehead atoms. The standard InChI is InChI=1S/C26H20N4OS/c31-25-24(16-20-13-15-29(18-20)23-11-5-2-6-12-23)32-26(28-22-9-3-1-4-10-22)30(25)19-21-8-7-14-27-17-21/h1-18H,19H2/b24-16+,28-26?. The molecule has 6 heteroatoms. The normalized spacial score (nSPS) is 16.2. The van der Waals surface area contributed by atoms with Crippen molar-refractivity contribution in [2.75, 3.05) is 0 Å². The maximum Gasteiger partial charge on any atom is 0.267 e. The van der Waals surface area contributed by atoms with Crippen LogP contribution in [0.25, 0.3) is 11.8 Å². The van der Waals surface area contributed by atoms with Crippen LogP contribution >= 0.6 is 11.8 Å². The molecule has 2 aromatic heterocycles. The van der Waals surface area contributed by atoms with Crippen LogP contribution in [0.4, 0.5) is 5.69 Å². The lowest BCUT2D eigenvalue weighted by atomic mass is 10.2. The molecular formula is C26H20N4OS. The molecule has 32 heavy (non-hydrogen) atoms. The van der Waals surface area contributed by atoms with Gasteiger partial charge in [0.15, 0.2) is 5.17 Å². The summed E-state index contributed by atoms with van der Waals surface area (Å²) >= 11 is 1.40. The van der Waals surface area contributed by atoms with E-state index in [4.69, 9.17) is 4.99 Å². The summed E-state index contributed by atoms with van der Waals surface area (Å²) in [5.41, 5.74) is 3.81. The average molecular weight is 437 g/mol. The largest absolute Gasteiger partial charge is 0.323 e. The highest BCUT2D eigenvalue weighted by atomic mass is 32.2. The lowest BCUT2D eigenvalue weighted by Crippen LogP contribution is -2.28. The van der Waals surface area contributed by atoms with Gasteiger partial charge in [-0.2, -0.15) is 0 Å². The van der Waals surface area contributed by atoms with E-state index >= 15 is 0 Å². The Morgan fingerprint density at radius 3 is 2.47 bits per heavy atom. The second-order valence-electron chi connectivity index (χ2n) is 7.28. The maximum atomic E-state index is 13.3. The zero-order valence-corrected chi connectivity index (χ0v) is 18.0. The number of aliphatic imine (C=N–C) groups is 1. The minimum absolute atomic E-state index is 0.0546. The molecule has 0 radical (unpaired) electrons. The number of carbonyl (C=O) groups excluding carboxylic acids is 1. The van der Waals surface area contributed by atoms with Gasteiger partial charge in [0.25, 0.3) is 5.91 Å². The fraction of sp³-hybridized carbons (Fsp3) is 0.0385. The van der Waals surface area contributed by atoms with Crippen LogP contribution in [0.15, 0.2) is 114 Å². The van der Waals surface area contributed by atoms with Crippen molar-refractivity contribution in [1.29, 1.82) is 0 Å². The molecule has 5 nitrogen and oxygen atoms in total. The summed E-state index contributed by atoms with van der Waals surface area (Å²) in [7, 11) is 0. The predicted octanol–water partition coefficient (Wildman–Crippen LogP) is 5.68. The van der Waals surface area contributed by atoms with E-state index in [0.29, 0.717) is 16.6 Å². The Bertz CT molecular complexity index is 1280. The van der Waals surface area contributed by atoms with Gasteiger partial charge in [-0.15, -0.1) is 0 Å². The van der Waals surface area contributed by atoms with E-state index < -0.39 is 0 Å². The van der Waals surface area contributed by atoms with E-state index in [1.54, 1.807) is 17.3 Å². The smallest absolute Gasteiger partial charge is 0.267 e. The first-order valence-corrected chi connectivity index (χ1v) is 11.1. The van der Waals surface area contributed by atoms with E-state index in [1.807, 2.05) is 102 Å². The number of hydrogen-bond acceptors (Lipinski definition) is 4. The summed E-state index contributed by atoms with van der Waals surface area (Å²) in [6, 6.07) is 25.6. The van der Waals surface area contributed by atoms with Crippen LogP contribution in [0, 0.1) is 0 Å². The Hall–Kier alpha value is -3.90. The van der Waals surface area contributed by atoms with Crippen molar-refractivity contribution < 1.29 is 4.79 Å². The molecular weight excluding hydrogens is 416 g/mol. The van der Waals surface area contributed by atoms with Crippen molar-refractivity contribution in [3.8, 4) is 5.69 Å². The van der Waals surface area contributed by atoms with Gasteiger partial charge in [-0.25, -0.2) is 4.99 Å². The average Bonchev–Trinajstić information content (AvgIpc) is 3.42. The first-order chi connectivity index (χ1) is 15.8. The molecule has 2 aromatic carbocycles. The van der Waals surface area contributed by atoms with Crippen LogP contribution in [0.2, 0.25) is 0 Å². The van der Waals surface area contributed by atoms with E-state index in [0.717, 1.165) is 22.5 Å². The molecule has 0 unspecified atom stereocenters. The lowest BCUT2D eigenvalue weighted by molar-refractivity contribution is -0.122. The summed E-state index contributed by atoms with van der Waals surface area (Å²) in [5, 5.41) is 0.666. The van der Waals surface area contributed by atoms with Crippen LogP contribution < -0.4 is 0 Å². The third-order valence-corrected chi connectivity index (χ3v) is 6.01. The number of thioether (sulfide) groups is 1. The number of hydrogen-bond donors (Lipinski definition) is 0. The number of amides is 1. The molecule has 0 atom stereocenters. The highest BCUT2D eigenvalue weighted by Gasteiger charge is 2.33. The number of pyridine rings is 1. The molecule has 0 saturated carbocycles. The van der Waals surface area contributed by atoms with E-state index in [9.17, 15) is 4.79 Å². The molecule has 1 fully saturated rings. The van der Waals surface area contributed by atoms with Crippen molar-refractivity contribution in [2.24, 2.45) is 4.99 Å². The van der Waals surface area contributed by atoms with E-state index in [-0.39, 0.29) is 5.91 Å². The van der Waals surface area contributed by atoms with Crippen molar-refractivity contribution >= 4 is 34.6 Å². The van der Waals surface area contributed by atoms with Crippen molar-refractivity contribution in [3.05, 3.63) is 120 Å². The zero-order valence-electron chi connectivity index (χ0n) is 17.2. The van der Waals surface area contributed by atoms with E-state index in [1.165, 1.54) is 11.8 Å². The Balaban J connectivity index is 1.46. The number of amidine groups is 1. The topological polar surface area (TPSA) is 50.5 Å². The summed E-state index contributed by atoms with van der Waals surface area (Å²) in [4.78, 5) is 24.6. The van der Waals surface area contributed by atoms with Gasteiger partial charge in [0.05, 0.1) is 17.1 Å². The molecule has 1 saturated heterocycles. The van der Waals surface area contributed by atoms with Crippen LogP contribution in [0.5, 0.6) is 0 Å². The molecule has 1 amide bonds. The van der Waals surface area contributed by atoms with Gasteiger partial charge in [-0.3, -0.25) is 14.7 Å². The van der Waals surface area contributed by atoms with Crippen LogP contribution in [0.3, 0.4) is 0 Å². The lowest BCUT2D eigenvalue weighted by Gasteiger charge is -2.15. The molecule has 156 valence electrons. The van der Waals surface area contributed by atoms with Crippen molar-refractivity contribution in [3.63, 3.8) is 0 Å². The molecule has 1 aliphatic heterocycles. The molecule has 0 aliphatic carbocycles. The summed E-state index contributed by atoms with van der Waals surface area (Å²) < 4.78 is 2.04. The van der Waals surface area contributed by atoms with E-state index in [2.05, 4.69) is 4.98 Å². The number of aromatic nitrogens is 2. The minimum atomic E-state index is -0.0546. The third kappa shape index (κ3) is 4.40. The van der Waals surface area contributed by atoms with Gasteiger partial charge >= 0.3 is 0 Å². The number of nitrogens with zero attached hydrogens (tertiary/aromatic N) is 4. The second kappa shape index (κ2) is 9.08. The zero-order chi connectivity index (χ0) is 21.8. The molecule has 0 spiro atoms. The first-order valence-electron chi connectivity index (χ1n) is 10.2. The summed E-state index contributed by atoms with van der Waals surface area (Å²) in [5.74, 6) is -0.0546.